The molecule has 1 aliphatic heterocycles. The third-order valence-electron chi connectivity index (χ3n) is 4.89. The van der Waals surface area contributed by atoms with Crippen molar-refractivity contribution in [1.29, 1.82) is 0 Å². The molecule has 0 unspecified atom stereocenters. The highest BCUT2D eigenvalue weighted by Gasteiger charge is 2.23. The van der Waals surface area contributed by atoms with Gasteiger partial charge in [-0.25, -0.2) is 0 Å². The van der Waals surface area contributed by atoms with Crippen LogP contribution in [0.5, 0.6) is 11.5 Å². The molecule has 1 atom stereocenters. The van der Waals surface area contributed by atoms with E-state index in [1.807, 2.05) is 12.1 Å². The lowest BCUT2D eigenvalue weighted by molar-refractivity contribution is -0.903. The SMILES string of the molecule is CC(=O)c1cccc(OC[C@@H](O)C[NH+]2CCN(c3ccc(O)cc3)CC2)c1. The maximum atomic E-state index is 11.4. The molecule has 0 aromatic heterocycles. The van der Waals surface area contributed by atoms with Gasteiger partial charge >= 0.3 is 0 Å². The number of rotatable bonds is 7. The summed E-state index contributed by atoms with van der Waals surface area (Å²) < 4.78 is 5.65. The number of Topliss-reactive ketones (excluding diaryl/α,β-unsaturated/α-hetero) is 1. The molecule has 2 aromatic rings. The number of hydrogen-bond acceptors (Lipinski definition) is 5. The maximum absolute atomic E-state index is 11.4. The van der Waals surface area contributed by atoms with Crippen LogP contribution in [0.3, 0.4) is 0 Å². The highest BCUT2D eigenvalue weighted by molar-refractivity contribution is 5.94. The minimum Gasteiger partial charge on any atom is -0.508 e. The van der Waals surface area contributed by atoms with Crippen molar-refractivity contribution < 1.29 is 24.6 Å². The molecule has 1 fully saturated rings. The molecule has 0 bridgehead atoms. The second kappa shape index (κ2) is 8.88. The summed E-state index contributed by atoms with van der Waals surface area (Å²) in [5.74, 6) is 0.880. The van der Waals surface area contributed by atoms with E-state index in [1.165, 1.54) is 11.8 Å². The summed E-state index contributed by atoms with van der Waals surface area (Å²) in [4.78, 5) is 15.1. The number of quaternary nitrogens is 1. The average Bonchev–Trinajstić information content (AvgIpc) is 2.68. The molecule has 3 rings (SSSR count). The number of ether oxygens (including phenoxy) is 1. The minimum absolute atomic E-state index is 0.00283. The van der Waals surface area contributed by atoms with Crippen LogP contribution in [0.25, 0.3) is 0 Å². The van der Waals surface area contributed by atoms with Gasteiger partial charge in [0.2, 0.25) is 0 Å². The molecule has 2 aromatic carbocycles. The predicted molar refractivity (Wildman–Crippen MR) is 104 cm³/mol. The number of anilines is 1. The Bertz CT molecular complexity index is 755. The van der Waals surface area contributed by atoms with Crippen molar-refractivity contribution in [1.82, 2.24) is 0 Å². The van der Waals surface area contributed by atoms with E-state index in [4.69, 9.17) is 4.74 Å². The van der Waals surface area contributed by atoms with Gasteiger partial charge < -0.3 is 24.7 Å². The molecule has 1 heterocycles. The van der Waals surface area contributed by atoms with Gasteiger partial charge in [0.05, 0.1) is 26.2 Å². The lowest BCUT2D eigenvalue weighted by atomic mass is 10.1. The number of aromatic hydroxyl groups is 1. The normalized spacial score (nSPS) is 16.1. The van der Waals surface area contributed by atoms with Gasteiger partial charge in [-0.15, -0.1) is 0 Å². The zero-order valence-corrected chi connectivity index (χ0v) is 15.6. The number of nitrogens with one attached hydrogen (secondary N) is 1. The van der Waals surface area contributed by atoms with Crippen molar-refractivity contribution >= 4 is 11.5 Å². The summed E-state index contributed by atoms with van der Waals surface area (Å²) >= 11 is 0. The first-order valence-corrected chi connectivity index (χ1v) is 9.30. The molecule has 144 valence electrons. The van der Waals surface area contributed by atoms with E-state index >= 15 is 0 Å². The highest BCUT2D eigenvalue weighted by atomic mass is 16.5. The Morgan fingerprint density at radius 3 is 2.56 bits per heavy atom. The van der Waals surface area contributed by atoms with E-state index in [-0.39, 0.29) is 18.1 Å². The van der Waals surface area contributed by atoms with Gasteiger partial charge in [-0.2, -0.15) is 0 Å². The van der Waals surface area contributed by atoms with E-state index in [1.54, 1.807) is 36.4 Å². The van der Waals surface area contributed by atoms with Crippen LogP contribution < -0.4 is 14.5 Å². The average molecular weight is 371 g/mol. The van der Waals surface area contributed by atoms with Crippen LogP contribution in [0.2, 0.25) is 0 Å². The number of ketones is 1. The standard InChI is InChI=1S/C21H26N2O4/c1-16(24)17-3-2-4-21(13-17)27-15-20(26)14-22-9-11-23(12-10-22)18-5-7-19(25)8-6-18/h2-8,13,20,25-26H,9-12,14-15H2,1H3/p+1/t20-/m0/s1. The van der Waals surface area contributed by atoms with Crippen molar-refractivity contribution in [2.24, 2.45) is 0 Å². The van der Waals surface area contributed by atoms with Gasteiger partial charge in [-0.05, 0) is 43.3 Å². The maximum Gasteiger partial charge on any atom is 0.159 e. The number of benzene rings is 2. The van der Waals surface area contributed by atoms with Gasteiger partial charge in [-0.3, -0.25) is 4.79 Å². The summed E-state index contributed by atoms with van der Waals surface area (Å²) in [5.41, 5.74) is 1.72. The fourth-order valence-corrected chi connectivity index (χ4v) is 3.34. The number of carbonyl (C=O) groups excluding carboxylic acids is 1. The fourth-order valence-electron chi connectivity index (χ4n) is 3.34. The molecule has 0 spiro atoms. The third kappa shape index (κ3) is 5.45. The summed E-state index contributed by atoms with van der Waals surface area (Å²) in [5, 5.41) is 19.7. The molecule has 0 saturated carbocycles. The highest BCUT2D eigenvalue weighted by Crippen LogP contribution is 2.18. The smallest absolute Gasteiger partial charge is 0.159 e. The first-order valence-electron chi connectivity index (χ1n) is 9.30. The number of aliphatic hydroxyl groups excluding tert-OH is 1. The van der Waals surface area contributed by atoms with Crippen LogP contribution in [0.15, 0.2) is 48.5 Å². The van der Waals surface area contributed by atoms with E-state index < -0.39 is 6.10 Å². The van der Waals surface area contributed by atoms with Crippen LogP contribution in [0, 0.1) is 0 Å². The number of phenolic OH excluding ortho intramolecular Hbond substituents is 1. The van der Waals surface area contributed by atoms with Crippen molar-refractivity contribution in [2.75, 3.05) is 44.2 Å². The first-order chi connectivity index (χ1) is 13.0. The minimum atomic E-state index is -0.554. The number of piperazine rings is 1. The lowest BCUT2D eigenvalue weighted by Crippen LogP contribution is -3.16. The van der Waals surface area contributed by atoms with Gasteiger partial charge in [0.1, 0.15) is 30.8 Å². The van der Waals surface area contributed by atoms with E-state index in [9.17, 15) is 15.0 Å². The van der Waals surface area contributed by atoms with Crippen molar-refractivity contribution in [3.63, 3.8) is 0 Å². The Morgan fingerprint density at radius 1 is 1.19 bits per heavy atom. The lowest BCUT2D eigenvalue weighted by Gasteiger charge is -2.34. The molecule has 1 saturated heterocycles. The quantitative estimate of drug-likeness (QED) is 0.626. The van der Waals surface area contributed by atoms with Gasteiger partial charge in [0, 0.05) is 11.3 Å². The molecule has 6 heteroatoms. The van der Waals surface area contributed by atoms with Gasteiger partial charge in [-0.1, -0.05) is 12.1 Å². The zero-order valence-electron chi connectivity index (χ0n) is 15.6. The summed E-state index contributed by atoms with van der Waals surface area (Å²) in [6, 6.07) is 14.3. The van der Waals surface area contributed by atoms with E-state index in [0.29, 0.717) is 17.9 Å². The predicted octanol–water partition coefficient (Wildman–Crippen LogP) is 0.740. The van der Waals surface area contributed by atoms with Crippen LogP contribution in [0.4, 0.5) is 5.69 Å². The molecule has 0 radical (unpaired) electrons. The van der Waals surface area contributed by atoms with Gasteiger partial charge in [0.15, 0.2) is 5.78 Å². The Labute approximate surface area is 159 Å². The topological polar surface area (TPSA) is 74.4 Å². The zero-order chi connectivity index (χ0) is 19.2. The molecular weight excluding hydrogens is 344 g/mol. The number of aliphatic hydroxyl groups is 1. The second-order valence-electron chi connectivity index (χ2n) is 7.01. The fraction of sp³-hybridized carbons (Fsp3) is 0.381. The first kappa shape index (κ1) is 19.2. The number of phenols is 1. The van der Waals surface area contributed by atoms with Crippen molar-refractivity contribution in [3.8, 4) is 11.5 Å². The van der Waals surface area contributed by atoms with Crippen LogP contribution in [0.1, 0.15) is 17.3 Å². The van der Waals surface area contributed by atoms with Gasteiger partial charge in [0.25, 0.3) is 0 Å². The Morgan fingerprint density at radius 2 is 1.89 bits per heavy atom. The molecule has 1 aliphatic rings. The molecule has 0 amide bonds. The van der Waals surface area contributed by atoms with Crippen molar-refractivity contribution in [2.45, 2.75) is 13.0 Å². The van der Waals surface area contributed by atoms with Crippen LogP contribution >= 0.6 is 0 Å². The summed E-state index contributed by atoms with van der Waals surface area (Å²) in [7, 11) is 0. The Kier molecular flexibility index (Phi) is 6.32. The van der Waals surface area contributed by atoms with Crippen molar-refractivity contribution in [3.05, 3.63) is 54.1 Å². The second-order valence-corrected chi connectivity index (χ2v) is 7.01. The van der Waals surface area contributed by atoms with E-state index in [0.717, 1.165) is 31.9 Å². The molecule has 27 heavy (non-hydrogen) atoms. The molecular formula is C21H27N2O4+. The molecule has 6 nitrogen and oxygen atoms in total. The number of hydrogen-bond donors (Lipinski definition) is 3. The number of carbonyl (C=O) groups is 1. The monoisotopic (exact) mass is 371 g/mol. The largest absolute Gasteiger partial charge is 0.508 e. The molecule has 0 aliphatic carbocycles. The molecule has 3 N–H and O–H groups in total. The summed E-state index contributed by atoms with van der Waals surface area (Å²) in [6.07, 6.45) is -0.554. The van der Waals surface area contributed by atoms with E-state index in [2.05, 4.69) is 4.90 Å². The Hall–Kier alpha value is -2.57. The van der Waals surface area contributed by atoms with Crippen LogP contribution in [-0.4, -0.2) is 61.4 Å². The number of nitrogens with zero attached hydrogens (tertiary/aromatic N) is 1. The summed E-state index contributed by atoms with van der Waals surface area (Å²) in [6.45, 7) is 6.08. The van der Waals surface area contributed by atoms with Crippen LogP contribution in [-0.2, 0) is 0 Å². The third-order valence-corrected chi connectivity index (χ3v) is 4.89. The Balaban J connectivity index is 1.43.